The average Bonchev–Trinajstić information content (AvgIpc) is 2.43. The molecule has 2 aromatic rings. The number of hydrogen-bond donors (Lipinski definition) is 1. The van der Waals surface area contributed by atoms with E-state index in [1.165, 1.54) is 5.56 Å². The van der Waals surface area contributed by atoms with Gasteiger partial charge in [-0.15, -0.1) is 0 Å². The van der Waals surface area contributed by atoms with E-state index >= 15 is 0 Å². The highest BCUT2D eigenvalue weighted by Crippen LogP contribution is 2.24. The van der Waals surface area contributed by atoms with Crippen LogP contribution in [-0.4, -0.2) is 23.6 Å². The molecule has 2 rings (SSSR count). The highest BCUT2D eigenvalue weighted by Gasteiger charge is 2.10. The lowest BCUT2D eigenvalue weighted by atomic mass is 10.2. The maximum atomic E-state index is 4.52. The van der Waals surface area contributed by atoms with Crippen molar-refractivity contribution >= 4 is 43.6 Å². The van der Waals surface area contributed by atoms with Gasteiger partial charge in [0.05, 0.1) is 4.47 Å². The minimum absolute atomic E-state index is 0.647. The Morgan fingerprint density at radius 2 is 1.90 bits per heavy atom. The van der Waals surface area contributed by atoms with Gasteiger partial charge in [-0.3, -0.25) is 0 Å². The maximum Gasteiger partial charge on any atom is 0.224 e. The van der Waals surface area contributed by atoms with E-state index in [9.17, 15) is 0 Å². The van der Waals surface area contributed by atoms with Gasteiger partial charge in [0.1, 0.15) is 5.82 Å². The van der Waals surface area contributed by atoms with Gasteiger partial charge in [0.15, 0.2) is 0 Å². The second-order valence-corrected chi connectivity index (χ2v) is 6.15. The minimum atomic E-state index is 0.647. The van der Waals surface area contributed by atoms with E-state index in [-0.39, 0.29) is 0 Å². The molecule has 0 spiro atoms. The summed E-state index contributed by atoms with van der Waals surface area (Å²) in [7, 11) is 2.02. The van der Waals surface area contributed by atoms with Gasteiger partial charge in [-0.25, -0.2) is 4.98 Å². The van der Waals surface area contributed by atoms with E-state index < -0.39 is 0 Å². The molecule has 20 heavy (non-hydrogen) atoms. The molecular weight excluding hydrogens is 384 g/mol. The number of nitrogens with one attached hydrogen (secondary N) is 1. The summed E-state index contributed by atoms with van der Waals surface area (Å²) in [6.07, 6.45) is 1.78. The smallest absolute Gasteiger partial charge is 0.224 e. The van der Waals surface area contributed by atoms with Gasteiger partial charge in [0.2, 0.25) is 5.95 Å². The zero-order valence-corrected chi connectivity index (χ0v) is 14.6. The van der Waals surface area contributed by atoms with Crippen molar-refractivity contribution in [3.63, 3.8) is 0 Å². The largest absolute Gasteiger partial charge is 0.354 e. The summed E-state index contributed by atoms with van der Waals surface area (Å²) in [5, 5.41) is 3.13. The number of benzene rings is 1. The van der Waals surface area contributed by atoms with E-state index in [4.69, 9.17) is 0 Å². The monoisotopic (exact) mass is 398 g/mol. The third-order valence-corrected chi connectivity index (χ3v) is 3.84. The van der Waals surface area contributed by atoms with Gasteiger partial charge in [-0.2, -0.15) is 4.98 Å². The number of aromatic nitrogens is 2. The van der Waals surface area contributed by atoms with Crippen LogP contribution in [0.4, 0.5) is 11.8 Å². The fourth-order valence-electron chi connectivity index (χ4n) is 1.81. The first-order valence-electron chi connectivity index (χ1n) is 6.32. The Morgan fingerprint density at radius 3 is 2.55 bits per heavy atom. The van der Waals surface area contributed by atoms with Crippen molar-refractivity contribution in [3.8, 4) is 0 Å². The minimum Gasteiger partial charge on any atom is -0.354 e. The van der Waals surface area contributed by atoms with Gasteiger partial charge in [0.25, 0.3) is 0 Å². The van der Waals surface area contributed by atoms with Crippen LogP contribution in [0.1, 0.15) is 12.5 Å². The summed E-state index contributed by atoms with van der Waals surface area (Å²) in [5.74, 6) is 1.52. The number of rotatable bonds is 5. The third kappa shape index (κ3) is 3.93. The van der Waals surface area contributed by atoms with Gasteiger partial charge in [-0.05, 0) is 40.5 Å². The summed E-state index contributed by atoms with van der Waals surface area (Å²) in [4.78, 5) is 10.8. The summed E-state index contributed by atoms with van der Waals surface area (Å²) >= 11 is 6.95. The average molecular weight is 400 g/mol. The Bertz CT molecular complexity index is 572. The number of hydrogen-bond acceptors (Lipinski definition) is 4. The predicted octanol–water partition coefficient (Wildman–Crippen LogP) is 4.07. The zero-order chi connectivity index (χ0) is 14.5. The summed E-state index contributed by atoms with van der Waals surface area (Å²) in [6, 6.07) is 8.28. The lowest BCUT2D eigenvalue weighted by molar-refractivity contribution is 0.885. The second-order valence-electron chi connectivity index (χ2n) is 4.38. The van der Waals surface area contributed by atoms with Crippen LogP contribution in [-0.2, 0) is 6.54 Å². The predicted molar refractivity (Wildman–Crippen MR) is 90.1 cm³/mol. The van der Waals surface area contributed by atoms with Gasteiger partial charge >= 0.3 is 0 Å². The fourth-order valence-corrected chi connectivity index (χ4v) is 2.57. The Balaban J connectivity index is 2.17. The van der Waals surface area contributed by atoms with Crippen LogP contribution in [0.3, 0.4) is 0 Å². The molecule has 0 saturated carbocycles. The van der Waals surface area contributed by atoms with E-state index in [1.54, 1.807) is 6.20 Å². The van der Waals surface area contributed by atoms with E-state index in [1.807, 2.05) is 26.1 Å². The van der Waals surface area contributed by atoms with Crippen LogP contribution >= 0.6 is 31.9 Å². The Morgan fingerprint density at radius 1 is 1.20 bits per heavy atom. The van der Waals surface area contributed by atoms with Gasteiger partial charge in [0, 0.05) is 30.8 Å². The molecule has 0 amide bonds. The van der Waals surface area contributed by atoms with E-state index in [0.29, 0.717) is 5.95 Å². The Labute approximate surface area is 135 Å². The molecule has 0 aliphatic rings. The Hall–Kier alpha value is -1.14. The topological polar surface area (TPSA) is 41.1 Å². The molecule has 1 aromatic heterocycles. The highest BCUT2D eigenvalue weighted by molar-refractivity contribution is 9.10. The lowest BCUT2D eigenvalue weighted by Crippen LogP contribution is -2.19. The highest BCUT2D eigenvalue weighted by atomic mass is 79.9. The van der Waals surface area contributed by atoms with Gasteiger partial charge < -0.3 is 10.2 Å². The molecule has 0 unspecified atom stereocenters. The number of halogens is 2. The number of anilines is 2. The van der Waals surface area contributed by atoms with E-state index in [2.05, 4.69) is 64.2 Å². The maximum absolute atomic E-state index is 4.52. The molecule has 1 N–H and O–H groups in total. The zero-order valence-electron chi connectivity index (χ0n) is 11.4. The van der Waals surface area contributed by atoms with Crippen molar-refractivity contribution in [3.05, 3.63) is 45.0 Å². The van der Waals surface area contributed by atoms with Crippen LogP contribution in [0.2, 0.25) is 0 Å². The molecule has 6 heteroatoms. The summed E-state index contributed by atoms with van der Waals surface area (Å²) in [5.41, 5.74) is 1.23. The van der Waals surface area contributed by atoms with Gasteiger partial charge in [-0.1, -0.05) is 28.1 Å². The van der Waals surface area contributed by atoms with Crippen molar-refractivity contribution in [1.82, 2.24) is 9.97 Å². The molecule has 106 valence electrons. The second kappa shape index (κ2) is 7.04. The van der Waals surface area contributed by atoms with Crippen LogP contribution < -0.4 is 10.2 Å². The summed E-state index contributed by atoms with van der Waals surface area (Å²) in [6.45, 7) is 3.61. The molecule has 1 aromatic carbocycles. The van der Waals surface area contributed by atoms with Crippen molar-refractivity contribution in [2.24, 2.45) is 0 Å². The fraction of sp³-hybridized carbons (Fsp3) is 0.286. The number of nitrogens with zero attached hydrogens (tertiary/aromatic N) is 3. The van der Waals surface area contributed by atoms with Crippen molar-refractivity contribution in [2.45, 2.75) is 13.5 Å². The molecule has 0 aliphatic carbocycles. The molecule has 0 bridgehead atoms. The SMILES string of the molecule is CCNc1ncc(Br)c(N(C)Cc2ccc(Br)cc2)n1. The molecular formula is C14H16Br2N4. The first-order chi connectivity index (χ1) is 9.60. The van der Waals surface area contributed by atoms with Crippen LogP contribution in [0, 0.1) is 0 Å². The summed E-state index contributed by atoms with van der Waals surface area (Å²) < 4.78 is 1.97. The molecule has 4 nitrogen and oxygen atoms in total. The van der Waals surface area contributed by atoms with Crippen molar-refractivity contribution in [1.29, 1.82) is 0 Å². The standard InChI is InChI=1S/C14H16Br2N4/c1-3-17-14-18-8-12(16)13(19-14)20(2)9-10-4-6-11(15)7-5-10/h4-8H,3,9H2,1-2H3,(H,17,18,19). The molecule has 0 aliphatic heterocycles. The van der Waals surface area contributed by atoms with E-state index in [0.717, 1.165) is 27.9 Å². The molecule has 1 heterocycles. The molecule has 0 fully saturated rings. The Kier molecular flexibility index (Phi) is 5.37. The normalized spacial score (nSPS) is 10.4. The van der Waals surface area contributed by atoms with Crippen LogP contribution in [0.5, 0.6) is 0 Å². The first kappa shape index (κ1) is 15.3. The third-order valence-electron chi connectivity index (χ3n) is 2.76. The first-order valence-corrected chi connectivity index (χ1v) is 7.90. The van der Waals surface area contributed by atoms with Crippen LogP contribution in [0.25, 0.3) is 0 Å². The van der Waals surface area contributed by atoms with Crippen molar-refractivity contribution < 1.29 is 0 Å². The lowest BCUT2D eigenvalue weighted by Gasteiger charge is -2.20. The quantitative estimate of drug-likeness (QED) is 0.822. The van der Waals surface area contributed by atoms with Crippen molar-refractivity contribution in [2.75, 3.05) is 23.8 Å². The van der Waals surface area contributed by atoms with Crippen LogP contribution in [0.15, 0.2) is 39.4 Å². The molecule has 0 radical (unpaired) electrons. The molecule has 0 saturated heterocycles. The molecule has 0 atom stereocenters.